The third-order valence-electron chi connectivity index (χ3n) is 2.63. The van der Waals surface area contributed by atoms with Crippen LogP contribution in [0, 0.1) is 11.8 Å². The van der Waals surface area contributed by atoms with E-state index >= 15 is 0 Å². The van der Waals surface area contributed by atoms with E-state index in [-0.39, 0.29) is 11.9 Å². The number of ether oxygens (including phenoxy) is 1. The van der Waals surface area contributed by atoms with Crippen molar-refractivity contribution in [2.24, 2.45) is 11.8 Å². The monoisotopic (exact) mass is 216 g/mol. The summed E-state index contributed by atoms with van der Waals surface area (Å²) in [5, 5.41) is 10.2. The Morgan fingerprint density at radius 1 is 1.40 bits per heavy atom. The van der Waals surface area contributed by atoms with Crippen LogP contribution in [0.4, 0.5) is 0 Å². The molecule has 15 heavy (non-hydrogen) atoms. The highest BCUT2D eigenvalue weighted by Crippen LogP contribution is 2.30. The topological polar surface area (TPSA) is 46.5 Å². The molecule has 0 heterocycles. The minimum absolute atomic E-state index is 0.0885. The molecule has 0 spiro atoms. The van der Waals surface area contributed by atoms with Crippen LogP contribution >= 0.6 is 0 Å². The van der Waals surface area contributed by atoms with Crippen molar-refractivity contribution in [2.45, 2.75) is 53.1 Å². The van der Waals surface area contributed by atoms with E-state index in [0.29, 0.717) is 13.0 Å². The summed E-state index contributed by atoms with van der Waals surface area (Å²) >= 11 is 0. The minimum Gasteiger partial charge on any atom is -0.466 e. The van der Waals surface area contributed by atoms with Crippen LogP contribution in [0.2, 0.25) is 0 Å². The lowest BCUT2D eigenvalue weighted by molar-refractivity contribution is -0.161. The van der Waals surface area contributed by atoms with Crippen molar-refractivity contribution in [1.29, 1.82) is 0 Å². The lowest BCUT2D eigenvalue weighted by Crippen LogP contribution is -2.43. The van der Waals surface area contributed by atoms with Gasteiger partial charge in [-0.1, -0.05) is 27.2 Å². The molecule has 0 aliphatic heterocycles. The zero-order chi connectivity index (χ0) is 12.1. The molecule has 3 heteroatoms. The second-order valence-electron chi connectivity index (χ2n) is 4.58. The average Bonchev–Trinajstić information content (AvgIpc) is 2.02. The third-order valence-corrected chi connectivity index (χ3v) is 2.63. The molecule has 0 saturated carbocycles. The smallest absolute Gasteiger partial charge is 0.312 e. The first kappa shape index (κ1) is 14.4. The van der Waals surface area contributed by atoms with Gasteiger partial charge in [0, 0.05) is 0 Å². The van der Waals surface area contributed by atoms with E-state index in [1.54, 1.807) is 13.8 Å². The molecule has 0 bridgehead atoms. The predicted molar refractivity (Wildman–Crippen MR) is 60.5 cm³/mol. The number of carbonyl (C=O) groups excluding carboxylic acids is 1. The van der Waals surface area contributed by atoms with Gasteiger partial charge in [0.2, 0.25) is 0 Å². The van der Waals surface area contributed by atoms with Gasteiger partial charge in [0.05, 0.1) is 18.1 Å². The van der Waals surface area contributed by atoms with Gasteiger partial charge in [-0.2, -0.15) is 0 Å². The van der Waals surface area contributed by atoms with Crippen molar-refractivity contribution < 1.29 is 14.6 Å². The highest BCUT2D eigenvalue weighted by Gasteiger charge is 2.39. The fourth-order valence-corrected chi connectivity index (χ4v) is 2.14. The molecule has 0 radical (unpaired) electrons. The Bertz CT molecular complexity index is 197. The average molecular weight is 216 g/mol. The maximum atomic E-state index is 11.7. The summed E-state index contributed by atoms with van der Waals surface area (Å²) in [5.74, 6) is -0.631. The van der Waals surface area contributed by atoms with Crippen LogP contribution in [0.1, 0.15) is 47.5 Å². The Labute approximate surface area is 92.8 Å². The van der Waals surface area contributed by atoms with E-state index in [0.717, 1.165) is 6.42 Å². The summed E-state index contributed by atoms with van der Waals surface area (Å²) in [6.07, 6.45) is 1.48. The van der Waals surface area contributed by atoms with Crippen LogP contribution in [0.5, 0.6) is 0 Å². The molecule has 90 valence electrons. The van der Waals surface area contributed by atoms with Crippen molar-refractivity contribution >= 4 is 5.97 Å². The van der Waals surface area contributed by atoms with Crippen molar-refractivity contribution in [1.82, 2.24) is 0 Å². The number of aliphatic hydroxyl groups is 1. The number of hydrogen-bond donors (Lipinski definition) is 1. The Kier molecular flexibility index (Phi) is 5.88. The molecule has 0 saturated heterocycles. The third kappa shape index (κ3) is 4.20. The quantitative estimate of drug-likeness (QED) is 0.693. The summed E-state index contributed by atoms with van der Waals surface area (Å²) in [5.41, 5.74) is -0.963. The second-order valence-corrected chi connectivity index (χ2v) is 4.58. The van der Waals surface area contributed by atoms with E-state index in [1.807, 2.05) is 20.8 Å². The van der Waals surface area contributed by atoms with E-state index in [1.165, 1.54) is 0 Å². The first-order valence-corrected chi connectivity index (χ1v) is 5.75. The number of hydrogen-bond acceptors (Lipinski definition) is 3. The van der Waals surface area contributed by atoms with Crippen LogP contribution in [-0.2, 0) is 9.53 Å². The molecule has 0 rings (SSSR count). The Hall–Kier alpha value is -0.570. The van der Waals surface area contributed by atoms with Crippen LogP contribution in [0.15, 0.2) is 0 Å². The van der Waals surface area contributed by atoms with E-state index < -0.39 is 11.5 Å². The van der Waals surface area contributed by atoms with Crippen LogP contribution in [-0.4, -0.2) is 23.3 Å². The molecule has 0 aliphatic rings. The maximum Gasteiger partial charge on any atom is 0.312 e. The Morgan fingerprint density at radius 3 is 2.27 bits per heavy atom. The lowest BCUT2D eigenvalue weighted by Gasteiger charge is -2.33. The van der Waals surface area contributed by atoms with Crippen molar-refractivity contribution in [3.63, 3.8) is 0 Å². The summed E-state index contributed by atoms with van der Waals surface area (Å²) in [6, 6.07) is 0. The summed E-state index contributed by atoms with van der Waals surface area (Å²) < 4.78 is 5.00. The molecule has 0 aromatic carbocycles. The van der Waals surface area contributed by atoms with Crippen molar-refractivity contribution in [3.8, 4) is 0 Å². The Balaban J connectivity index is 4.71. The summed E-state index contributed by atoms with van der Waals surface area (Å²) in [6.45, 7) is 9.74. The molecule has 2 unspecified atom stereocenters. The number of rotatable bonds is 6. The normalized spacial score (nSPS) is 17.3. The fraction of sp³-hybridized carbons (Fsp3) is 0.917. The van der Waals surface area contributed by atoms with E-state index in [4.69, 9.17) is 4.74 Å². The molecular weight excluding hydrogens is 192 g/mol. The van der Waals surface area contributed by atoms with Crippen molar-refractivity contribution in [3.05, 3.63) is 0 Å². The summed E-state index contributed by atoms with van der Waals surface area (Å²) in [4.78, 5) is 11.7. The fourth-order valence-electron chi connectivity index (χ4n) is 2.14. The van der Waals surface area contributed by atoms with Gasteiger partial charge in [-0.05, 0) is 26.2 Å². The standard InChI is InChI=1S/C12H24O3/c1-6-8-12(5,14)10(9(3)4)11(13)15-7-2/h9-10,14H,6-8H2,1-5H3. The van der Waals surface area contributed by atoms with Crippen LogP contribution in [0.3, 0.4) is 0 Å². The zero-order valence-corrected chi connectivity index (χ0v) is 10.5. The van der Waals surface area contributed by atoms with Gasteiger partial charge >= 0.3 is 5.97 Å². The first-order valence-electron chi connectivity index (χ1n) is 5.75. The SMILES string of the molecule is CCCC(C)(O)C(C(=O)OCC)C(C)C. The van der Waals surface area contributed by atoms with Gasteiger partial charge in [0.25, 0.3) is 0 Å². The van der Waals surface area contributed by atoms with Gasteiger partial charge in [-0.3, -0.25) is 4.79 Å². The van der Waals surface area contributed by atoms with Gasteiger partial charge in [-0.25, -0.2) is 0 Å². The number of carbonyl (C=O) groups is 1. The molecule has 0 amide bonds. The molecule has 0 aromatic heterocycles. The van der Waals surface area contributed by atoms with Gasteiger partial charge < -0.3 is 9.84 Å². The van der Waals surface area contributed by atoms with Gasteiger partial charge in [-0.15, -0.1) is 0 Å². The highest BCUT2D eigenvalue weighted by molar-refractivity contribution is 5.74. The van der Waals surface area contributed by atoms with Gasteiger partial charge in [0.1, 0.15) is 0 Å². The maximum absolute atomic E-state index is 11.7. The van der Waals surface area contributed by atoms with Crippen LogP contribution in [0.25, 0.3) is 0 Å². The van der Waals surface area contributed by atoms with Crippen LogP contribution < -0.4 is 0 Å². The molecule has 0 fully saturated rings. The zero-order valence-electron chi connectivity index (χ0n) is 10.5. The predicted octanol–water partition coefficient (Wildman–Crippen LogP) is 2.37. The molecule has 2 atom stereocenters. The van der Waals surface area contributed by atoms with E-state index in [2.05, 4.69) is 0 Å². The lowest BCUT2D eigenvalue weighted by atomic mass is 9.78. The molecule has 0 aromatic rings. The molecular formula is C12H24O3. The van der Waals surface area contributed by atoms with Gasteiger partial charge in [0.15, 0.2) is 0 Å². The highest BCUT2D eigenvalue weighted by atomic mass is 16.5. The molecule has 3 nitrogen and oxygen atoms in total. The molecule has 0 aliphatic carbocycles. The summed E-state index contributed by atoms with van der Waals surface area (Å²) in [7, 11) is 0. The molecule has 1 N–H and O–H groups in total. The van der Waals surface area contributed by atoms with Crippen molar-refractivity contribution in [2.75, 3.05) is 6.61 Å². The largest absolute Gasteiger partial charge is 0.466 e. The first-order chi connectivity index (χ1) is 6.86. The Morgan fingerprint density at radius 2 is 1.93 bits per heavy atom. The number of esters is 1. The minimum atomic E-state index is -0.963. The second kappa shape index (κ2) is 6.11. The van der Waals surface area contributed by atoms with E-state index in [9.17, 15) is 9.90 Å².